The van der Waals surface area contributed by atoms with Crippen LogP contribution in [0.3, 0.4) is 0 Å². The number of hydrogen-bond donors (Lipinski definition) is 2. The molecule has 2 N–H and O–H groups in total. The molecule has 4 rings (SSSR count). The van der Waals surface area contributed by atoms with E-state index in [1.807, 2.05) is 16.7 Å². The Morgan fingerprint density at radius 2 is 1.74 bits per heavy atom. The van der Waals surface area contributed by atoms with Crippen LogP contribution in [0.1, 0.15) is 10.4 Å². The van der Waals surface area contributed by atoms with E-state index in [1.165, 1.54) is 36.0 Å². The molecular weight excluding hydrogens is 467 g/mol. The van der Waals surface area contributed by atoms with Crippen LogP contribution >= 0.6 is 11.8 Å². The van der Waals surface area contributed by atoms with E-state index in [2.05, 4.69) is 32.4 Å². The molecule has 0 fully saturated rings. The van der Waals surface area contributed by atoms with Crippen LogP contribution in [0, 0.1) is 5.82 Å². The van der Waals surface area contributed by atoms with Gasteiger partial charge in [-0.15, -0.1) is 16.8 Å². The molecule has 2 aromatic heterocycles. The topological polar surface area (TPSA) is 102 Å². The third-order valence-electron chi connectivity index (χ3n) is 4.85. The quantitative estimate of drug-likeness (QED) is 0.263. The predicted octanol–water partition coefficient (Wildman–Crippen LogP) is 4.65. The number of amides is 2. The molecule has 0 atom stereocenters. The third-order valence-corrected chi connectivity index (χ3v) is 5.81. The third kappa shape index (κ3) is 5.98. The van der Waals surface area contributed by atoms with Gasteiger partial charge in [-0.1, -0.05) is 30.0 Å². The molecule has 0 aliphatic heterocycles. The molecule has 0 saturated heterocycles. The highest BCUT2D eigenvalue weighted by atomic mass is 32.2. The molecule has 2 heterocycles. The van der Waals surface area contributed by atoms with Crippen molar-refractivity contribution < 1.29 is 14.0 Å². The zero-order valence-electron chi connectivity index (χ0n) is 18.5. The van der Waals surface area contributed by atoms with Gasteiger partial charge in [0.1, 0.15) is 5.82 Å². The summed E-state index contributed by atoms with van der Waals surface area (Å²) in [6, 6.07) is 15.8. The lowest BCUT2D eigenvalue weighted by molar-refractivity contribution is -0.113. The van der Waals surface area contributed by atoms with E-state index >= 15 is 0 Å². The van der Waals surface area contributed by atoms with Crippen molar-refractivity contribution in [2.24, 2.45) is 0 Å². The molecule has 35 heavy (non-hydrogen) atoms. The van der Waals surface area contributed by atoms with Crippen LogP contribution in [-0.2, 0) is 11.3 Å². The lowest BCUT2D eigenvalue weighted by atomic mass is 10.1. The molecule has 0 saturated carbocycles. The van der Waals surface area contributed by atoms with Gasteiger partial charge in [0, 0.05) is 30.2 Å². The Balaban J connectivity index is 1.43. The summed E-state index contributed by atoms with van der Waals surface area (Å²) in [5.41, 5.74) is 1.94. The lowest BCUT2D eigenvalue weighted by Crippen LogP contribution is -2.19. The number of hydrogen-bond acceptors (Lipinski definition) is 6. The van der Waals surface area contributed by atoms with Crippen molar-refractivity contribution in [3.05, 3.63) is 97.1 Å². The van der Waals surface area contributed by atoms with Gasteiger partial charge in [0.25, 0.3) is 5.91 Å². The van der Waals surface area contributed by atoms with Crippen LogP contribution in [0.5, 0.6) is 0 Å². The van der Waals surface area contributed by atoms with Crippen LogP contribution in [-0.4, -0.2) is 37.3 Å². The van der Waals surface area contributed by atoms with E-state index in [4.69, 9.17) is 0 Å². The lowest BCUT2D eigenvalue weighted by Gasteiger charge is -2.12. The monoisotopic (exact) mass is 488 g/mol. The Labute approximate surface area is 205 Å². The molecule has 176 valence electrons. The second-order valence-corrected chi connectivity index (χ2v) is 8.23. The molecule has 10 heteroatoms. The van der Waals surface area contributed by atoms with Crippen LogP contribution < -0.4 is 10.6 Å². The fraction of sp³-hybridized carbons (Fsp3) is 0.0800. The number of carbonyl (C=O) groups excluding carboxylic acids is 2. The molecule has 0 spiro atoms. The van der Waals surface area contributed by atoms with Crippen LogP contribution in [0.2, 0.25) is 0 Å². The van der Waals surface area contributed by atoms with Crippen molar-refractivity contribution >= 4 is 35.0 Å². The zero-order chi connectivity index (χ0) is 24.6. The van der Waals surface area contributed by atoms with Gasteiger partial charge in [0.05, 0.1) is 17.0 Å². The summed E-state index contributed by atoms with van der Waals surface area (Å²) < 4.78 is 15.0. The number of aromatic nitrogens is 4. The highest BCUT2D eigenvalue weighted by Gasteiger charge is 2.17. The van der Waals surface area contributed by atoms with Crippen LogP contribution in [0.15, 0.2) is 90.9 Å². The number of rotatable bonds is 9. The largest absolute Gasteiger partial charge is 0.325 e. The number of pyridine rings is 1. The van der Waals surface area contributed by atoms with E-state index in [9.17, 15) is 14.0 Å². The van der Waals surface area contributed by atoms with Crippen LogP contribution in [0.25, 0.3) is 11.4 Å². The standard InChI is InChI=1S/C25H21FN6O2S/c1-2-15-32-23(17-11-13-27-14-12-17)30-31-25(32)35-16-22(33)29-21-6-4-3-5-20(21)24(34)28-19-9-7-18(26)8-10-19/h2-14H,1,15-16H2,(H,28,34)(H,29,33). The first-order chi connectivity index (χ1) is 17.0. The van der Waals surface area contributed by atoms with Crippen LogP contribution in [0.4, 0.5) is 15.8 Å². The highest BCUT2D eigenvalue weighted by Crippen LogP contribution is 2.24. The molecule has 0 bridgehead atoms. The summed E-state index contributed by atoms with van der Waals surface area (Å²) in [4.78, 5) is 29.5. The van der Waals surface area contributed by atoms with Gasteiger partial charge >= 0.3 is 0 Å². The normalized spacial score (nSPS) is 10.5. The molecule has 0 unspecified atom stereocenters. The van der Waals surface area contributed by atoms with E-state index in [0.29, 0.717) is 28.9 Å². The van der Waals surface area contributed by atoms with Crippen molar-refractivity contribution in [1.82, 2.24) is 19.7 Å². The predicted molar refractivity (Wildman–Crippen MR) is 134 cm³/mol. The molecule has 0 aliphatic rings. The first-order valence-corrected chi connectivity index (χ1v) is 11.6. The number of allylic oxidation sites excluding steroid dienone is 1. The molecule has 2 amide bonds. The Hall–Kier alpha value is -4.31. The minimum Gasteiger partial charge on any atom is -0.325 e. The summed E-state index contributed by atoms with van der Waals surface area (Å²) in [6.07, 6.45) is 5.08. The van der Waals surface area contributed by atoms with Gasteiger partial charge < -0.3 is 10.6 Å². The Morgan fingerprint density at radius 1 is 1.00 bits per heavy atom. The Kier molecular flexibility index (Phi) is 7.63. The van der Waals surface area contributed by atoms with Gasteiger partial charge in [-0.25, -0.2) is 4.39 Å². The number of benzene rings is 2. The zero-order valence-corrected chi connectivity index (χ0v) is 19.3. The van der Waals surface area contributed by atoms with Crippen molar-refractivity contribution in [1.29, 1.82) is 0 Å². The Morgan fingerprint density at radius 3 is 2.49 bits per heavy atom. The first kappa shape index (κ1) is 23.8. The van der Waals surface area contributed by atoms with Gasteiger partial charge in [0.15, 0.2) is 11.0 Å². The number of carbonyl (C=O) groups is 2. The van der Waals surface area contributed by atoms with Crippen molar-refractivity contribution in [2.45, 2.75) is 11.7 Å². The van der Waals surface area contributed by atoms with Gasteiger partial charge in [-0.3, -0.25) is 19.1 Å². The number of para-hydroxylation sites is 1. The number of anilines is 2. The molecule has 8 nitrogen and oxygen atoms in total. The van der Waals surface area contributed by atoms with E-state index < -0.39 is 11.7 Å². The maximum Gasteiger partial charge on any atom is 0.257 e. The second-order valence-electron chi connectivity index (χ2n) is 7.28. The highest BCUT2D eigenvalue weighted by molar-refractivity contribution is 7.99. The molecule has 0 aliphatic carbocycles. The molecular formula is C25H21FN6O2S. The molecule has 0 radical (unpaired) electrons. The summed E-state index contributed by atoms with van der Waals surface area (Å²) in [7, 11) is 0. The maximum absolute atomic E-state index is 13.1. The average molecular weight is 489 g/mol. The van der Waals surface area contributed by atoms with Crippen molar-refractivity contribution in [2.75, 3.05) is 16.4 Å². The maximum atomic E-state index is 13.1. The SMILES string of the molecule is C=CCn1c(SCC(=O)Nc2ccccc2C(=O)Nc2ccc(F)cc2)nnc1-c1ccncc1. The van der Waals surface area contributed by atoms with Gasteiger partial charge in [-0.05, 0) is 48.5 Å². The summed E-state index contributed by atoms with van der Waals surface area (Å²) in [5, 5.41) is 14.5. The number of nitrogens with zero attached hydrogens (tertiary/aromatic N) is 4. The average Bonchev–Trinajstić information content (AvgIpc) is 3.27. The fourth-order valence-corrected chi connectivity index (χ4v) is 3.99. The van der Waals surface area contributed by atoms with Crippen molar-refractivity contribution in [3.8, 4) is 11.4 Å². The number of halogens is 1. The van der Waals surface area contributed by atoms with E-state index in [0.717, 1.165) is 5.56 Å². The summed E-state index contributed by atoms with van der Waals surface area (Å²) >= 11 is 1.23. The molecule has 4 aromatic rings. The number of thioether (sulfide) groups is 1. The van der Waals surface area contributed by atoms with Crippen molar-refractivity contribution in [3.63, 3.8) is 0 Å². The Bertz CT molecular complexity index is 1340. The number of nitrogens with one attached hydrogen (secondary N) is 2. The summed E-state index contributed by atoms with van der Waals surface area (Å²) in [6.45, 7) is 4.26. The second kappa shape index (κ2) is 11.2. The first-order valence-electron chi connectivity index (χ1n) is 10.6. The van der Waals surface area contributed by atoms with E-state index in [-0.39, 0.29) is 17.2 Å². The van der Waals surface area contributed by atoms with E-state index in [1.54, 1.807) is 42.7 Å². The summed E-state index contributed by atoms with van der Waals surface area (Å²) in [5.74, 6) is -0.425. The fourth-order valence-electron chi connectivity index (χ4n) is 3.24. The van der Waals surface area contributed by atoms with Gasteiger partial charge in [0.2, 0.25) is 5.91 Å². The minimum atomic E-state index is -0.423. The van der Waals surface area contributed by atoms with Gasteiger partial charge in [-0.2, -0.15) is 0 Å². The smallest absolute Gasteiger partial charge is 0.257 e. The minimum absolute atomic E-state index is 0.0551. The molecule has 2 aromatic carbocycles.